The summed E-state index contributed by atoms with van der Waals surface area (Å²) in [7, 11) is 0. The van der Waals surface area contributed by atoms with Gasteiger partial charge >= 0.3 is 17.5 Å². The number of carbonyl (C=O) groups is 1. The maximum atomic E-state index is 14.1. The zero-order valence-corrected chi connectivity index (χ0v) is 22.3. The molecule has 0 aliphatic carbocycles. The van der Waals surface area contributed by atoms with Crippen molar-refractivity contribution in [2.24, 2.45) is 0 Å². The van der Waals surface area contributed by atoms with Gasteiger partial charge in [0.15, 0.2) is 17.7 Å². The first-order chi connectivity index (χ1) is 18.6. The standard InChI is InChI=1S/C27H22Cl2N4O6/c1-27(2)23(33-25(35)32(26(36)39-33)20-8-4-6-18(29)13-20)31(19-7-3-5-17(28)12-19)24(34)30(27)14-16-9-10-21-22(11-16)38-15-37-21/h3-13,23H,14-15H2,1-2H3. The van der Waals surface area contributed by atoms with Crippen LogP contribution in [0.4, 0.5) is 10.5 Å². The molecule has 0 spiro atoms. The molecule has 2 aliphatic heterocycles. The fraction of sp³-hybridized carbons (Fsp3) is 0.222. The van der Waals surface area contributed by atoms with E-state index in [1.807, 2.05) is 12.1 Å². The second-order valence-electron chi connectivity index (χ2n) is 9.71. The molecule has 39 heavy (non-hydrogen) atoms. The van der Waals surface area contributed by atoms with Gasteiger partial charge in [-0.05, 0) is 67.9 Å². The maximum absolute atomic E-state index is 14.1. The van der Waals surface area contributed by atoms with Crippen LogP contribution in [0, 0.1) is 0 Å². The minimum Gasteiger partial charge on any atom is -0.454 e. The quantitative estimate of drug-likeness (QED) is 0.334. The molecular weight excluding hydrogens is 547 g/mol. The molecule has 1 saturated heterocycles. The Morgan fingerprint density at radius 3 is 2.26 bits per heavy atom. The Labute approximate surface area is 232 Å². The van der Waals surface area contributed by atoms with Crippen LogP contribution >= 0.6 is 23.2 Å². The molecule has 2 amide bonds. The first kappa shape index (κ1) is 25.1. The molecule has 12 heteroatoms. The average molecular weight is 569 g/mol. The zero-order chi connectivity index (χ0) is 27.5. The van der Waals surface area contributed by atoms with Crippen molar-refractivity contribution >= 4 is 34.9 Å². The predicted molar refractivity (Wildman–Crippen MR) is 144 cm³/mol. The van der Waals surface area contributed by atoms with Crippen LogP contribution in [0.5, 0.6) is 11.5 Å². The zero-order valence-electron chi connectivity index (χ0n) is 20.8. The third-order valence-corrected chi connectivity index (χ3v) is 7.37. The van der Waals surface area contributed by atoms with Gasteiger partial charge in [0.1, 0.15) is 0 Å². The fourth-order valence-corrected chi connectivity index (χ4v) is 5.39. The van der Waals surface area contributed by atoms with Crippen LogP contribution in [0.25, 0.3) is 5.69 Å². The van der Waals surface area contributed by atoms with Gasteiger partial charge in [0.2, 0.25) is 6.79 Å². The number of hydrogen-bond donors (Lipinski definition) is 0. The number of benzene rings is 3. The average Bonchev–Trinajstić information content (AvgIpc) is 3.52. The monoisotopic (exact) mass is 568 g/mol. The summed E-state index contributed by atoms with van der Waals surface area (Å²) < 4.78 is 18.2. The van der Waals surface area contributed by atoms with Gasteiger partial charge in [-0.25, -0.2) is 14.4 Å². The van der Waals surface area contributed by atoms with E-state index in [1.54, 1.807) is 67.3 Å². The van der Waals surface area contributed by atoms with Crippen molar-refractivity contribution in [3.8, 4) is 17.2 Å². The molecule has 1 atom stereocenters. The summed E-state index contributed by atoms with van der Waals surface area (Å²) in [6.45, 7) is 3.92. The topological polar surface area (TPSA) is 99.2 Å². The highest BCUT2D eigenvalue weighted by molar-refractivity contribution is 6.31. The smallest absolute Gasteiger partial charge is 0.447 e. The Morgan fingerprint density at radius 2 is 1.54 bits per heavy atom. The van der Waals surface area contributed by atoms with Gasteiger partial charge in [-0.15, -0.1) is 4.74 Å². The number of hydrogen-bond acceptors (Lipinski definition) is 6. The minimum absolute atomic E-state index is 0.128. The molecule has 2 aliphatic rings. The van der Waals surface area contributed by atoms with Crippen LogP contribution in [0.3, 0.4) is 0 Å². The first-order valence-electron chi connectivity index (χ1n) is 12.0. The highest BCUT2D eigenvalue weighted by Crippen LogP contribution is 2.44. The van der Waals surface area contributed by atoms with Crippen molar-refractivity contribution in [1.29, 1.82) is 0 Å². The lowest BCUT2D eigenvalue weighted by molar-refractivity contribution is 0.0930. The largest absolute Gasteiger partial charge is 0.454 e. The third kappa shape index (κ3) is 4.16. The summed E-state index contributed by atoms with van der Waals surface area (Å²) in [5.41, 5.74) is -0.337. The van der Waals surface area contributed by atoms with Crippen LogP contribution in [0.1, 0.15) is 25.6 Å². The third-order valence-electron chi connectivity index (χ3n) is 6.90. The van der Waals surface area contributed by atoms with E-state index in [0.717, 1.165) is 14.9 Å². The second kappa shape index (κ2) is 9.25. The molecule has 0 N–H and O–H groups in total. The summed E-state index contributed by atoms with van der Waals surface area (Å²) in [4.78, 5) is 43.7. The number of nitrogens with zero attached hydrogens (tertiary/aromatic N) is 4. The molecule has 3 aromatic carbocycles. The van der Waals surface area contributed by atoms with Gasteiger partial charge in [-0.2, -0.15) is 4.57 Å². The molecule has 1 aromatic heterocycles. The molecule has 1 unspecified atom stereocenters. The Hall–Kier alpha value is -4.15. The molecule has 6 rings (SSSR count). The number of rotatable bonds is 5. The molecular formula is C27H22Cl2N4O6. The SMILES string of the molecule is CC1(C)C(n2oc(=O)n(-c3cccc(Cl)c3)c2=O)N(c2cccc(Cl)c2)C(=O)N1Cc1ccc2c(c1)OCO2. The maximum Gasteiger partial charge on any atom is 0.447 e. The van der Waals surface area contributed by atoms with Gasteiger partial charge in [0.05, 0.1) is 11.2 Å². The van der Waals surface area contributed by atoms with E-state index >= 15 is 0 Å². The van der Waals surface area contributed by atoms with E-state index in [9.17, 15) is 14.4 Å². The number of fused-ring (bicyclic) bond motifs is 1. The summed E-state index contributed by atoms with van der Waals surface area (Å²) in [6, 6.07) is 18.0. The van der Waals surface area contributed by atoms with Crippen LogP contribution in [0.2, 0.25) is 10.0 Å². The Morgan fingerprint density at radius 1 is 0.872 bits per heavy atom. The Balaban J connectivity index is 1.48. The lowest BCUT2D eigenvalue weighted by Gasteiger charge is -2.34. The summed E-state index contributed by atoms with van der Waals surface area (Å²) in [6.07, 6.45) is -1.04. The normalized spacial score (nSPS) is 17.7. The van der Waals surface area contributed by atoms with Crippen molar-refractivity contribution in [3.05, 3.63) is 103 Å². The van der Waals surface area contributed by atoms with Gasteiger partial charge in [0, 0.05) is 22.3 Å². The van der Waals surface area contributed by atoms with E-state index in [4.69, 9.17) is 37.2 Å². The Kier molecular flexibility index (Phi) is 5.96. The van der Waals surface area contributed by atoms with Crippen LogP contribution in [-0.4, -0.2) is 32.6 Å². The van der Waals surface area contributed by atoms with E-state index in [1.165, 1.54) is 11.0 Å². The van der Waals surface area contributed by atoms with E-state index in [0.29, 0.717) is 27.2 Å². The number of urea groups is 1. The molecule has 3 heterocycles. The van der Waals surface area contributed by atoms with Gasteiger partial charge < -0.3 is 18.9 Å². The number of ether oxygens (including phenoxy) is 2. The van der Waals surface area contributed by atoms with Crippen molar-refractivity contribution in [2.75, 3.05) is 11.7 Å². The summed E-state index contributed by atoms with van der Waals surface area (Å²) >= 11 is 12.4. The van der Waals surface area contributed by atoms with Crippen LogP contribution in [-0.2, 0) is 6.54 Å². The van der Waals surface area contributed by atoms with E-state index in [2.05, 4.69) is 0 Å². The highest BCUT2D eigenvalue weighted by atomic mass is 35.5. The predicted octanol–water partition coefficient (Wildman–Crippen LogP) is 5.05. The molecule has 4 aromatic rings. The van der Waals surface area contributed by atoms with Crippen molar-refractivity contribution in [3.63, 3.8) is 0 Å². The summed E-state index contributed by atoms with van der Waals surface area (Å²) in [5.74, 6) is 0.298. The highest BCUT2D eigenvalue weighted by Gasteiger charge is 2.55. The lowest BCUT2D eigenvalue weighted by Crippen LogP contribution is -2.46. The van der Waals surface area contributed by atoms with Crippen molar-refractivity contribution < 1.29 is 18.8 Å². The van der Waals surface area contributed by atoms with Gasteiger partial charge in [0.25, 0.3) is 0 Å². The van der Waals surface area contributed by atoms with Gasteiger partial charge in [-0.1, -0.05) is 41.4 Å². The Bertz CT molecular complexity index is 1730. The van der Waals surface area contributed by atoms with Crippen molar-refractivity contribution in [2.45, 2.75) is 32.1 Å². The number of aromatic nitrogens is 2. The van der Waals surface area contributed by atoms with Crippen molar-refractivity contribution in [1.82, 2.24) is 14.2 Å². The molecule has 10 nitrogen and oxygen atoms in total. The molecule has 1 fully saturated rings. The second-order valence-corrected chi connectivity index (χ2v) is 10.6. The lowest BCUT2D eigenvalue weighted by atomic mass is 9.99. The molecule has 0 radical (unpaired) electrons. The number of halogens is 2. The summed E-state index contributed by atoms with van der Waals surface area (Å²) in [5, 5.41) is 0.745. The number of amides is 2. The molecule has 0 bridgehead atoms. The fourth-order valence-electron chi connectivity index (χ4n) is 5.03. The van der Waals surface area contributed by atoms with Crippen LogP contribution in [0.15, 0.2) is 80.8 Å². The minimum atomic E-state index is -1.05. The van der Waals surface area contributed by atoms with Crippen LogP contribution < -0.4 is 25.8 Å². The van der Waals surface area contributed by atoms with Gasteiger partial charge in [-0.3, -0.25) is 4.90 Å². The van der Waals surface area contributed by atoms with E-state index in [-0.39, 0.29) is 19.0 Å². The number of anilines is 1. The first-order valence-corrected chi connectivity index (χ1v) is 12.8. The van der Waals surface area contributed by atoms with E-state index < -0.39 is 29.2 Å². The molecule has 0 saturated carbocycles. The number of carbonyl (C=O) groups excluding carboxylic acids is 1. The molecule has 200 valence electrons.